The van der Waals surface area contributed by atoms with E-state index in [1.54, 1.807) is 12.4 Å². The molecule has 0 atom stereocenters. The number of anilines is 1. The second-order valence-electron chi connectivity index (χ2n) is 4.04. The van der Waals surface area contributed by atoms with Gasteiger partial charge in [0.15, 0.2) is 6.61 Å². The van der Waals surface area contributed by atoms with Crippen LogP contribution < -0.4 is 10.1 Å². The van der Waals surface area contributed by atoms with Crippen molar-refractivity contribution < 1.29 is 13.9 Å². The highest BCUT2D eigenvalue weighted by Crippen LogP contribution is 2.11. The molecule has 2 rings (SSSR count). The van der Waals surface area contributed by atoms with Gasteiger partial charge in [-0.2, -0.15) is 0 Å². The number of hydrogen-bond acceptors (Lipinski definition) is 3. The van der Waals surface area contributed by atoms with Crippen LogP contribution >= 0.6 is 0 Å². The fourth-order valence-corrected chi connectivity index (χ4v) is 1.50. The number of aromatic nitrogens is 1. The maximum atomic E-state index is 12.7. The fourth-order valence-electron chi connectivity index (χ4n) is 1.50. The van der Waals surface area contributed by atoms with E-state index in [4.69, 9.17) is 4.74 Å². The standard InChI is InChI=1S/C14H13FN2O2/c1-10-6-12(8-16-7-10)17-14(18)9-19-13-4-2-11(15)3-5-13/h2-8H,9H2,1H3,(H,17,18). The number of aryl methyl sites for hydroxylation is 1. The van der Waals surface area contributed by atoms with Gasteiger partial charge in [-0.05, 0) is 42.8 Å². The molecule has 1 N–H and O–H groups in total. The van der Waals surface area contributed by atoms with E-state index in [9.17, 15) is 9.18 Å². The Morgan fingerprint density at radius 2 is 2.05 bits per heavy atom. The summed E-state index contributed by atoms with van der Waals surface area (Å²) in [6, 6.07) is 7.30. The first-order valence-corrected chi connectivity index (χ1v) is 5.73. The summed E-state index contributed by atoms with van der Waals surface area (Å²) in [5, 5.41) is 2.66. The summed E-state index contributed by atoms with van der Waals surface area (Å²) in [7, 11) is 0. The zero-order chi connectivity index (χ0) is 13.7. The highest BCUT2D eigenvalue weighted by atomic mass is 19.1. The zero-order valence-corrected chi connectivity index (χ0v) is 10.4. The van der Waals surface area contributed by atoms with E-state index >= 15 is 0 Å². The fraction of sp³-hybridized carbons (Fsp3) is 0.143. The molecule has 1 aromatic carbocycles. The smallest absolute Gasteiger partial charge is 0.262 e. The van der Waals surface area contributed by atoms with Gasteiger partial charge in [0.1, 0.15) is 11.6 Å². The Balaban J connectivity index is 1.86. The second kappa shape index (κ2) is 5.95. The number of ether oxygens (including phenoxy) is 1. The molecule has 0 aliphatic rings. The Morgan fingerprint density at radius 1 is 1.32 bits per heavy atom. The summed E-state index contributed by atoms with van der Waals surface area (Å²) in [4.78, 5) is 15.6. The minimum Gasteiger partial charge on any atom is -0.484 e. The Hall–Kier alpha value is -2.43. The summed E-state index contributed by atoms with van der Waals surface area (Å²) >= 11 is 0. The molecule has 0 saturated heterocycles. The molecular weight excluding hydrogens is 247 g/mol. The van der Waals surface area contributed by atoms with E-state index in [2.05, 4.69) is 10.3 Å². The first-order chi connectivity index (χ1) is 9.13. The SMILES string of the molecule is Cc1cncc(NC(=O)COc2ccc(F)cc2)c1. The van der Waals surface area contributed by atoms with Crippen LogP contribution in [0.4, 0.5) is 10.1 Å². The van der Waals surface area contributed by atoms with Crippen LogP contribution in [0.5, 0.6) is 5.75 Å². The molecule has 5 heteroatoms. The van der Waals surface area contributed by atoms with Crippen LogP contribution in [0.1, 0.15) is 5.56 Å². The molecule has 2 aromatic rings. The highest BCUT2D eigenvalue weighted by Gasteiger charge is 2.04. The predicted octanol–water partition coefficient (Wildman–Crippen LogP) is 2.55. The summed E-state index contributed by atoms with van der Waals surface area (Å²) in [5.74, 6) is -0.196. The Labute approximate surface area is 110 Å². The molecule has 0 spiro atoms. The molecule has 0 aliphatic heterocycles. The summed E-state index contributed by atoms with van der Waals surface area (Å²) < 4.78 is 17.9. The van der Waals surface area contributed by atoms with Gasteiger partial charge in [0.2, 0.25) is 0 Å². The molecule has 4 nitrogen and oxygen atoms in total. The molecule has 19 heavy (non-hydrogen) atoms. The minimum absolute atomic E-state index is 0.139. The summed E-state index contributed by atoms with van der Waals surface area (Å²) in [6.45, 7) is 1.75. The van der Waals surface area contributed by atoms with Crippen molar-refractivity contribution in [1.82, 2.24) is 4.98 Å². The van der Waals surface area contributed by atoms with Crippen molar-refractivity contribution in [3.63, 3.8) is 0 Å². The number of hydrogen-bond donors (Lipinski definition) is 1. The van der Waals surface area contributed by atoms with Crippen molar-refractivity contribution in [3.8, 4) is 5.75 Å². The number of nitrogens with zero attached hydrogens (tertiary/aromatic N) is 1. The van der Waals surface area contributed by atoms with Crippen molar-refractivity contribution in [3.05, 3.63) is 54.1 Å². The number of carbonyl (C=O) groups excluding carboxylic acids is 1. The first kappa shape index (κ1) is 13.0. The van der Waals surface area contributed by atoms with Crippen LogP contribution in [-0.4, -0.2) is 17.5 Å². The maximum absolute atomic E-state index is 12.7. The molecule has 1 aromatic heterocycles. The Kier molecular flexibility index (Phi) is 4.07. The molecule has 0 saturated carbocycles. The monoisotopic (exact) mass is 260 g/mol. The lowest BCUT2D eigenvalue weighted by atomic mass is 10.3. The van der Waals surface area contributed by atoms with Crippen molar-refractivity contribution in [2.75, 3.05) is 11.9 Å². The number of nitrogens with one attached hydrogen (secondary N) is 1. The molecule has 98 valence electrons. The Bertz CT molecular complexity index is 570. The van der Waals surface area contributed by atoms with Crippen molar-refractivity contribution in [2.45, 2.75) is 6.92 Å². The molecule has 0 radical (unpaired) electrons. The summed E-state index contributed by atoms with van der Waals surface area (Å²) in [6.07, 6.45) is 3.26. The maximum Gasteiger partial charge on any atom is 0.262 e. The van der Waals surface area contributed by atoms with Crippen LogP contribution in [0.2, 0.25) is 0 Å². The van der Waals surface area contributed by atoms with Gasteiger partial charge in [-0.15, -0.1) is 0 Å². The van der Waals surface area contributed by atoms with Gasteiger partial charge in [-0.1, -0.05) is 0 Å². The molecule has 1 heterocycles. The minimum atomic E-state index is -0.345. The zero-order valence-electron chi connectivity index (χ0n) is 10.4. The van der Waals surface area contributed by atoms with Gasteiger partial charge < -0.3 is 10.1 Å². The number of halogens is 1. The molecular formula is C14H13FN2O2. The van der Waals surface area contributed by atoms with Gasteiger partial charge in [0.25, 0.3) is 5.91 Å². The van der Waals surface area contributed by atoms with Crippen LogP contribution in [0.15, 0.2) is 42.7 Å². The van der Waals surface area contributed by atoms with E-state index < -0.39 is 0 Å². The largest absolute Gasteiger partial charge is 0.484 e. The third-order valence-electron chi connectivity index (χ3n) is 2.34. The number of amides is 1. The van der Waals surface area contributed by atoms with Gasteiger partial charge in [0.05, 0.1) is 11.9 Å². The van der Waals surface area contributed by atoms with E-state index in [0.717, 1.165) is 5.56 Å². The van der Waals surface area contributed by atoms with E-state index in [1.165, 1.54) is 24.3 Å². The van der Waals surface area contributed by atoms with Crippen molar-refractivity contribution in [2.24, 2.45) is 0 Å². The topological polar surface area (TPSA) is 51.2 Å². The number of rotatable bonds is 4. The average Bonchev–Trinajstić information content (AvgIpc) is 2.38. The first-order valence-electron chi connectivity index (χ1n) is 5.73. The van der Waals surface area contributed by atoms with Gasteiger partial charge in [-0.25, -0.2) is 4.39 Å². The molecule has 0 unspecified atom stereocenters. The number of benzene rings is 1. The second-order valence-corrected chi connectivity index (χ2v) is 4.04. The number of carbonyl (C=O) groups is 1. The number of pyridine rings is 1. The quantitative estimate of drug-likeness (QED) is 0.919. The molecule has 0 fully saturated rings. The van der Waals surface area contributed by atoms with Gasteiger partial charge in [-0.3, -0.25) is 9.78 Å². The third-order valence-corrected chi connectivity index (χ3v) is 2.34. The average molecular weight is 260 g/mol. The van der Waals surface area contributed by atoms with E-state index in [0.29, 0.717) is 11.4 Å². The Morgan fingerprint density at radius 3 is 2.74 bits per heavy atom. The van der Waals surface area contributed by atoms with Crippen molar-refractivity contribution in [1.29, 1.82) is 0 Å². The van der Waals surface area contributed by atoms with Gasteiger partial charge >= 0.3 is 0 Å². The molecule has 1 amide bonds. The lowest BCUT2D eigenvalue weighted by Crippen LogP contribution is -2.20. The lowest BCUT2D eigenvalue weighted by molar-refractivity contribution is -0.118. The van der Waals surface area contributed by atoms with Crippen molar-refractivity contribution >= 4 is 11.6 Å². The van der Waals surface area contributed by atoms with E-state index in [1.807, 2.05) is 13.0 Å². The lowest BCUT2D eigenvalue weighted by Gasteiger charge is -2.07. The molecule has 0 aliphatic carbocycles. The third kappa shape index (κ3) is 4.06. The van der Waals surface area contributed by atoms with Gasteiger partial charge in [0, 0.05) is 6.20 Å². The van der Waals surface area contributed by atoms with Crippen LogP contribution in [-0.2, 0) is 4.79 Å². The normalized spacial score (nSPS) is 10.0. The predicted molar refractivity (Wildman–Crippen MR) is 69.5 cm³/mol. The van der Waals surface area contributed by atoms with E-state index in [-0.39, 0.29) is 18.3 Å². The van der Waals surface area contributed by atoms with Crippen LogP contribution in [0, 0.1) is 12.7 Å². The van der Waals surface area contributed by atoms with Crippen LogP contribution in [0.3, 0.4) is 0 Å². The highest BCUT2D eigenvalue weighted by molar-refractivity contribution is 5.91. The van der Waals surface area contributed by atoms with Crippen LogP contribution in [0.25, 0.3) is 0 Å². The summed E-state index contributed by atoms with van der Waals surface area (Å²) in [5.41, 5.74) is 1.57. The molecule has 0 bridgehead atoms.